The molecule has 1 aromatic heterocycles. The average molecular weight is 469 g/mol. The van der Waals surface area contributed by atoms with Crippen molar-refractivity contribution < 1.29 is 9.53 Å². The Hall–Kier alpha value is -2.67. The van der Waals surface area contributed by atoms with Gasteiger partial charge >= 0.3 is 0 Å². The zero-order valence-corrected chi connectivity index (χ0v) is 19.0. The van der Waals surface area contributed by atoms with Gasteiger partial charge in [0.2, 0.25) is 5.91 Å². The van der Waals surface area contributed by atoms with Crippen molar-refractivity contribution in [2.24, 2.45) is 5.92 Å². The number of ether oxygens (including phenoxy) is 1. The van der Waals surface area contributed by atoms with Gasteiger partial charge in [-0.25, -0.2) is 9.97 Å². The molecular weight excluding hydrogens is 444 g/mol. The summed E-state index contributed by atoms with van der Waals surface area (Å²) >= 11 is 3.54. The van der Waals surface area contributed by atoms with Gasteiger partial charge in [-0.1, -0.05) is 28.1 Å². The molecule has 3 aromatic rings. The van der Waals surface area contributed by atoms with E-state index in [1.807, 2.05) is 50.2 Å². The Bertz CT molecular complexity index is 1100. The smallest absolute Gasteiger partial charge is 0.257 e. The van der Waals surface area contributed by atoms with Crippen molar-refractivity contribution in [2.45, 2.75) is 26.7 Å². The number of carbonyl (C=O) groups is 1. The molecule has 2 aromatic carbocycles. The molecule has 0 bridgehead atoms. The van der Waals surface area contributed by atoms with Gasteiger partial charge in [-0.05, 0) is 62.1 Å². The first kappa shape index (κ1) is 20.6. The highest BCUT2D eigenvalue weighted by Crippen LogP contribution is 2.31. The normalized spacial score (nSPS) is 16.5. The van der Waals surface area contributed by atoms with Crippen molar-refractivity contribution in [3.05, 3.63) is 52.0 Å². The first-order valence-corrected chi connectivity index (χ1v) is 10.9. The van der Waals surface area contributed by atoms with Crippen LogP contribution in [0.5, 0.6) is 5.88 Å². The Balaban J connectivity index is 1.55. The van der Waals surface area contributed by atoms with Gasteiger partial charge in [-0.15, -0.1) is 0 Å². The van der Waals surface area contributed by atoms with Crippen LogP contribution in [0.3, 0.4) is 0 Å². The Kier molecular flexibility index (Phi) is 5.90. The molecule has 2 heterocycles. The van der Waals surface area contributed by atoms with Crippen LogP contribution in [0, 0.1) is 19.8 Å². The van der Waals surface area contributed by atoms with Gasteiger partial charge in [-0.3, -0.25) is 4.79 Å². The lowest BCUT2D eigenvalue weighted by atomic mass is 9.96. The number of aryl methyl sites for hydroxylation is 2. The fourth-order valence-electron chi connectivity index (χ4n) is 3.85. The Labute approximate surface area is 184 Å². The lowest BCUT2D eigenvalue weighted by Gasteiger charge is -2.33. The van der Waals surface area contributed by atoms with Gasteiger partial charge in [0.15, 0.2) is 5.82 Å². The van der Waals surface area contributed by atoms with Crippen LogP contribution in [-0.2, 0) is 4.79 Å². The molecule has 1 atom stereocenters. The molecule has 0 spiro atoms. The van der Waals surface area contributed by atoms with Crippen molar-refractivity contribution >= 4 is 44.4 Å². The van der Waals surface area contributed by atoms with Crippen LogP contribution in [0.15, 0.2) is 40.9 Å². The van der Waals surface area contributed by atoms with E-state index in [-0.39, 0.29) is 11.8 Å². The maximum atomic E-state index is 13.0. The summed E-state index contributed by atoms with van der Waals surface area (Å²) in [6.45, 7) is 5.43. The van der Waals surface area contributed by atoms with E-state index < -0.39 is 0 Å². The summed E-state index contributed by atoms with van der Waals surface area (Å²) in [6, 6.07) is 11.8. The summed E-state index contributed by atoms with van der Waals surface area (Å²) in [4.78, 5) is 24.5. The van der Waals surface area contributed by atoms with Crippen molar-refractivity contribution in [1.29, 1.82) is 0 Å². The molecule has 0 aliphatic carbocycles. The van der Waals surface area contributed by atoms with E-state index in [0.29, 0.717) is 18.2 Å². The van der Waals surface area contributed by atoms with E-state index in [2.05, 4.69) is 31.1 Å². The standard InChI is InChI=1S/C23H25BrN4O2/c1-14-12-20(15(2)11-17(14)24)26-22(29)16-7-6-10-28(13-16)21-23(30-3)27-19-9-5-4-8-18(19)25-21/h4-5,8-9,11-12,16H,6-7,10,13H2,1-3H3,(H,26,29)/t16-/m1/s1. The van der Waals surface area contributed by atoms with Gasteiger partial charge in [0.1, 0.15) is 0 Å². The summed E-state index contributed by atoms with van der Waals surface area (Å²) in [6.07, 6.45) is 1.76. The van der Waals surface area contributed by atoms with Gasteiger partial charge in [0.25, 0.3) is 5.88 Å². The molecule has 0 unspecified atom stereocenters. The number of nitrogens with one attached hydrogen (secondary N) is 1. The van der Waals surface area contributed by atoms with E-state index in [4.69, 9.17) is 9.72 Å². The number of carbonyl (C=O) groups excluding carboxylic acids is 1. The maximum absolute atomic E-state index is 13.0. The molecular formula is C23H25BrN4O2. The fraction of sp³-hybridized carbons (Fsp3) is 0.348. The Morgan fingerprint density at radius 2 is 1.90 bits per heavy atom. The third kappa shape index (κ3) is 4.12. The molecule has 1 fully saturated rings. The largest absolute Gasteiger partial charge is 0.478 e. The highest BCUT2D eigenvalue weighted by molar-refractivity contribution is 9.10. The highest BCUT2D eigenvalue weighted by atomic mass is 79.9. The first-order chi connectivity index (χ1) is 14.5. The lowest BCUT2D eigenvalue weighted by molar-refractivity contribution is -0.120. The topological polar surface area (TPSA) is 67.4 Å². The molecule has 1 N–H and O–H groups in total. The fourth-order valence-corrected chi connectivity index (χ4v) is 4.31. The van der Waals surface area contributed by atoms with Crippen LogP contribution >= 0.6 is 15.9 Å². The summed E-state index contributed by atoms with van der Waals surface area (Å²) in [5.41, 5.74) is 4.61. The number of nitrogens with zero attached hydrogens (tertiary/aromatic N) is 3. The summed E-state index contributed by atoms with van der Waals surface area (Å²) in [5.74, 6) is 1.11. The molecule has 0 saturated carbocycles. The van der Waals surface area contributed by atoms with Crippen molar-refractivity contribution in [1.82, 2.24) is 9.97 Å². The minimum Gasteiger partial charge on any atom is -0.478 e. The van der Waals surface area contributed by atoms with Gasteiger partial charge < -0.3 is 15.0 Å². The average Bonchev–Trinajstić information content (AvgIpc) is 2.76. The number of amides is 1. The minimum absolute atomic E-state index is 0.0391. The second kappa shape index (κ2) is 8.60. The Morgan fingerprint density at radius 3 is 2.63 bits per heavy atom. The number of halogens is 1. The van der Waals surface area contributed by atoms with Crippen molar-refractivity contribution in [2.75, 3.05) is 30.4 Å². The van der Waals surface area contributed by atoms with E-state index in [9.17, 15) is 4.79 Å². The number of methoxy groups -OCH3 is 1. The minimum atomic E-state index is -0.125. The molecule has 30 heavy (non-hydrogen) atoms. The molecule has 156 valence electrons. The molecule has 1 aliphatic heterocycles. The first-order valence-electron chi connectivity index (χ1n) is 10.1. The number of hydrogen-bond donors (Lipinski definition) is 1. The third-order valence-electron chi connectivity index (χ3n) is 5.57. The molecule has 1 saturated heterocycles. The van der Waals surface area contributed by atoms with E-state index >= 15 is 0 Å². The number of benzene rings is 2. The number of hydrogen-bond acceptors (Lipinski definition) is 5. The zero-order chi connectivity index (χ0) is 21.3. The zero-order valence-electron chi connectivity index (χ0n) is 17.4. The van der Waals surface area contributed by atoms with Crippen LogP contribution in [0.1, 0.15) is 24.0 Å². The lowest BCUT2D eigenvalue weighted by Crippen LogP contribution is -2.41. The Morgan fingerprint density at radius 1 is 1.17 bits per heavy atom. The molecule has 4 rings (SSSR count). The number of fused-ring (bicyclic) bond motifs is 1. The van der Waals surface area contributed by atoms with Gasteiger partial charge in [-0.2, -0.15) is 0 Å². The summed E-state index contributed by atoms with van der Waals surface area (Å²) in [5, 5.41) is 3.12. The predicted octanol–water partition coefficient (Wildman–Crippen LogP) is 4.87. The van der Waals surface area contributed by atoms with Crippen LogP contribution in [0.2, 0.25) is 0 Å². The third-order valence-corrected chi connectivity index (χ3v) is 6.42. The van der Waals surface area contributed by atoms with Crippen molar-refractivity contribution in [3.8, 4) is 5.88 Å². The van der Waals surface area contributed by atoms with E-state index in [1.165, 1.54) is 0 Å². The van der Waals surface area contributed by atoms with Crippen LogP contribution in [0.25, 0.3) is 11.0 Å². The molecule has 1 amide bonds. The van der Waals surface area contributed by atoms with Crippen LogP contribution < -0.4 is 15.0 Å². The van der Waals surface area contributed by atoms with Crippen LogP contribution in [-0.4, -0.2) is 36.1 Å². The van der Waals surface area contributed by atoms with E-state index in [1.54, 1.807) is 7.11 Å². The second-order valence-electron chi connectivity index (χ2n) is 7.74. The second-order valence-corrected chi connectivity index (χ2v) is 8.59. The van der Waals surface area contributed by atoms with Crippen LogP contribution in [0.4, 0.5) is 11.5 Å². The molecule has 7 heteroatoms. The summed E-state index contributed by atoms with van der Waals surface area (Å²) in [7, 11) is 1.61. The predicted molar refractivity (Wildman–Crippen MR) is 123 cm³/mol. The van der Waals surface area contributed by atoms with Gasteiger partial charge in [0.05, 0.1) is 24.1 Å². The maximum Gasteiger partial charge on any atom is 0.257 e. The monoisotopic (exact) mass is 468 g/mol. The van der Waals surface area contributed by atoms with Gasteiger partial charge in [0, 0.05) is 23.2 Å². The number of anilines is 2. The van der Waals surface area contributed by atoms with Crippen molar-refractivity contribution in [3.63, 3.8) is 0 Å². The molecule has 6 nitrogen and oxygen atoms in total. The molecule has 0 radical (unpaired) electrons. The summed E-state index contributed by atoms with van der Waals surface area (Å²) < 4.78 is 6.56. The number of aromatic nitrogens is 2. The van der Waals surface area contributed by atoms with E-state index in [0.717, 1.165) is 51.7 Å². The number of para-hydroxylation sites is 2. The SMILES string of the molecule is COc1nc2ccccc2nc1N1CCC[C@@H](C(=O)Nc2cc(C)c(Br)cc2C)C1. The number of rotatable bonds is 4. The highest BCUT2D eigenvalue weighted by Gasteiger charge is 2.29. The molecule has 1 aliphatic rings. The number of piperidine rings is 1. The quantitative estimate of drug-likeness (QED) is 0.591.